The summed E-state index contributed by atoms with van der Waals surface area (Å²) in [5.41, 5.74) is 3.81. The van der Waals surface area contributed by atoms with Gasteiger partial charge in [0.25, 0.3) is 0 Å². The van der Waals surface area contributed by atoms with Crippen molar-refractivity contribution >= 4 is 11.3 Å². The lowest BCUT2D eigenvalue weighted by Crippen LogP contribution is -2.12. The van der Waals surface area contributed by atoms with Gasteiger partial charge in [-0.1, -0.05) is 29.8 Å². The molecule has 1 heterocycles. The first-order valence-corrected chi connectivity index (χ1v) is 6.66. The lowest BCUT2D eigenvalue weighted by molar-refractivity contribution is 0.696. The number of hydrogen-bond donors (Lipinski definition) is 1. The van der Waals surface area contributed by atoms with Crippen molar-refractivity contribution in [3.05, 3.63) is 51.0 Å². The van der Waals surface area contributed by atoms with E-state index in [4.69, 9.17) is 0 Å². The summed E-state index contributed by atoms with van der Waals surface area (Å²) in [6.45, 7) is 8.08. The highest BCUT2D eigenvalue weighted by atomic mass is 32.1. The van der Waals surface area contributed by atoms with Crippen molar-refractivity contribution in [2.75, 3.05) is 0 Å². The van der Waals surface area contributed by atoms with Gasteiger partial charge in [-0.05, 0) is 26.3 Å². The summed E-state index contributed by atoms with van der Waals surface area (Å²) in [5.74, 6) is 0. The number of thiazole rings is 1. The van der Waals surface area contributed by atoms with Gasteiger partial charge >= 0.3 is 0 Å². The van der Waals surface area contributed by atoms with Crippen LogP contribution in [-0.4, -0.2) is 4.98 Å². The molecule has 0 aliphatic carbocycles. The molecule has 90 valence electrons. The van der Waals surface area contributed by atoms with E-state index < -0.39 is 0 Å². The Bertz CT molecular complexity index is 503. The first-order valence-electron chi connectivity index (χ1n) is 5.84. The van der Waals surface area contributed by atoms with Gasteiger partial charge in [0.2, 0.25) is 0 Å². The molecule has 1 aromatic carbocycles. The minimum atomic E-state index is 0.908. The Morgan fingerprint density at radius 3 is 2.65 bits per heavy atom. The summed E-state index contributed by atoms with van der Waals surface area (Å²) in [7, 11) is 0. The highest BCUT2D eigenvalue weighted by Crippen LogP contribution is 2.16. The van der Waals surface area contributed by atoms with Gasteiger partial charge in [-0.15, -0.1) is 11.3 Å². The fourth-order valence-electron chi connectivity index (χ4n) is 1.88. The van der Waals surface area contributed by atoms with Gasteiger partial charge in [-0.3, -0.25) is 0 Å². The molecule has 0 bridgehead atoms. The highest BCUT2D eigenvalue weighted by Gasteiger charge is 2.03. The number of aryl methyl sites for hydroxylation is 3. The first-order chi connectivity index (χ1) is 8.15. The van der Waals surface area contributed by atoms with Gasteiger partial charge in [0.05, 0.1) is 10.7 Å². The molecule has 0 spiro atoms. The summed E-state index contributed by atoms with van der Waals surface area (Å²) in [5, 5.41) is 4.62. The van der Waals surface area contributed by atoms with Crippen molar-refractivity contribution < 1.29 is 0 Å². The average molecular weight is 246 g/mol. The zero-order chi connectivity index (χ0) is 12.3. The van der Waals surface area contributed by atoms with E-state index in [1.54, 1.807) is 11.3 Å². The van der Waals surface area contributed by atoms with Crippen LogP contribution in [0.1, 0.15) is 26.7 Å². The third kappa shape index (κ3) is 3.38. The maximum absolute atomic E-state index is 4.43. The second kappa shape index (κ2) is 5.43. The largest absolute Gasteiger partial charge is 0.308 e. The second-order valence-corrected chi connectivity index (χ2v) is 5.62. The van der Waals surface area contributed by atoms with Crippen molar-refractivity contribution in [3.63, 3.8) is 0 Å². The minimum Gasteiger partial charge on any atom is -0.308 e. The number of benzene rings is 1. The molecule has 0 amide bonds. The lowest BCUT2D eigenvalue weighted by Gasteiger charge is -2.04. The quantitative estimate of drug-likeness (QED) is 0.894. The number of nitrogens with one attached hydrogen (secondary N) is 1. The Kier molecular flexibility index (Phi) is 3.92. The number of rotatable bonds is 4. The zero-order valence-electron chi connectivity index (χ0n) is 10.6. The third-order valence-electron chi connectivity index (χ3n) is 2.70. The Balaban J connectivity index is 1.89. The average Bonchev–Trinajstić information content (AvgIpc) is 2.58. The maximum Gasteiger partial charge on any atom is 0.0900 e. The van der Waals surface area contributed by atoms with E-state index in [0.717, 1.165) is 23.8 Å². The Labute approximate surface area is 107 Å². The van der Waals surface area contributed by atoms with Gasteiger partial charge in [0, 0.05) is 18.0 Å². The van der Waals surface area contributed by atoms with E-state index in [0.29, 0.717) is 0 Å². The fourth-order valence-corrected chi connectivity index (χ4v) is 2.79. The Hall–Kier alpha value is -1.19. The minimum absolute atomic E-state index is 0.908. The van der Waals surface area contributed by atoms with Gasteiger partial charge in [0.1, 0.15) is 0 Å². The van der Waals surface area contributed by atoms with Gasteiger partial charge < -0.3 is 5.32 Å². The van der Waals surface area contributed by atoms with Crippen molar-refractivity contribution in [2.45, 2.75) is 33.9 Å². The van der Waals surface area contributed by atoms with Crippen LogP contribution in [-0.2, 0) is 13.1 Å². The predicted octanol–water partition coefficient (Wildman–Crippen LogP) is 3.36. The molecule has 0 fully saturated rings. The SMILES string of the molecule is Cc1cccc(CNCc2sc(C)nc2C)c1. The molecule has 1 aromatic heterocycles. The van der Waals surface area contributed by atoms with Crippen molar-refractivity contribution in [1.82, 2.24) is 10.3 Å². The molecular weight excluding hydrogens is 228 g/mol. The molecule has 2 nitrogen and oxygen atoms in total. The molecule has 0 saturated heterocycles. The first kappa shape index (κ1) is 12.3. The summed E-state index contributed by atoms with van der Waals surface area (Å²) in [6, 6.07) is 8.61. The Morgan fingerprint density at radius 2 is 2.00 bits per heavy atom. The standard InChI is InChI=1S/C14H18N2S/c1-10-5-4-6-13(7-10)8-15-9-14-11(2)16-12(3)17-14/h4-7,15H,8-9H2,1-3H3. The second-order valence-electron chi connectivity index (χ2n) is 4.33. The van der Waals surface area contributed by atoms with E-state index >= 15 is 0 Å². The van der Waals surface area contributed by atoms with Crippen LogP contribution in [0, 0.1) is 20.8 Å². The monoisotopic (exact) mass is 246 g/mol. The van der Waals surface area contributed by atoms with Crippen molar-refractivity contribution in [3.8, 4) is 0 Å². The van der Waals surface area contributed by atoms with Crippen LogP contribution in [0.15, 0.2) is 24.3 Å². The molecule has 1 N–H and O–H groups in total. The van der Waals surface area contributed by atoms with Crippen molar-refractivity contribution in [2.24, 2.45) is 0 Å². The molecule has 17 heavy (non-hydrogen) atoms. The van der Waals surface area contributed by atoms with Gasteiger partial charge in [0.15, 0.2) is 0 Å². The molecule has 3 heteroatoms. The zero-order valence-corrected chi connectivity index (χ0v) is 11.4. The third-order valence-corrected chi connectivity index (χ3v) is 3.77. The predicted molar refractivity (Wildman–Crippen MR) is 73.3 cm³/mol. The van der Waals surface area contributed by atoms with Crippen LogP contribution >= 0.6 is 11.3 Å². The van der Waals surface area contributed by atoms with Crippen LogP contribution in [0.2, 0.25) is 0 Å². The summed E-state index contributed by atoms with van der Waals surface area (Å²) >= 11 is 1.78. The van der Waals surface area contributed by atoms with E-state index in [1.165, 1.54) is 16.0 Å². The summed E-state index contributed by atoms with van der Waals surface area (Å²) < 4.78 is 0. The van der Waals surface area contributed by atoms with E-state index in [1.807, 2.05) is 0 Å². The van der Waals surface area contributed by atoms with E-state index in [2.05, 4.69) is 55.3 Å². The molecule has 0 saturated carbocycles. The van der Waals surface area contributed by atoms with Crippen molar-refractivity contribution in [1.29, 1.82) is 0 Å². The molecule has 0 radical (unpaired) electrons. The number of aromatic nitrogens is 1. The molecule has 0 aliphatic heterocycles. The van der Waals surface area contributed by atoms with E-state index in [-0.39, 0.29) is 0 Å². The summed E-state index contributed by atoms with van der Waals surface area (Å²) in [4.78, 5) is 5.77. The van der Waals surface area contributed by atoms with Crippen LogP contribution in [0.5, 0.6) is 0 Å². The molecule has 2 rings (SSSR count). The Morgan fingerprint density at radius 1 is 1.18 bits per heavy atom. The molecule has 0 atom stereocenters. The molecule has 0 unspecified atom stereocenters. The highest BCUT2D eigenvalue weighted by molar-refractivity contribution is 7.11. The van der Waals surface area contributed by atoms with Gasteiger partial charge in [-0.2, -0.15) is 0 Å². The molecule has 0 aliphatic rings. The number of nitrogens with zero attached hydrogens (tertiary/aromatic N) is 1. The molecular formula is C14H18N2S. The van der Waals surface area contributed by atoms with Crippen LogP contribution in [0.4, 0.5) is 0 Å². The number of hydrogen-bond acceptors (Lipinski definition) is 3. The smallest absolute Gasteiger partial charge is 0.0900 e. The topological polar surface area (TPSA) is 24.9 Å². The fraction of sp³-hybridized carbons (Fsp3) is 0.357. The maximum atomic E-state index is 4.43. The van der Waals surface area contributed by atoms with Crippen LogP contribution < -0.4 is 5.32 Å². The van der Waals surface area contributed by atoms with Crippen LogP contribution in [0.25, 0.3) is 0 Å². The lowest BCUT2D eigenvalue weighted by atomic mass is 10.1. The normalized spacial score (nSPS) is 10.8. The molecule has 2 aromatic rings. The van der Waals surface area contributed by atoms with Gasteiger partial charge in [-0.25, -0.2) is 4.98 Å². The summed E-state index contributed by atoms with van der Waals surface area (Å²) in [6.07, 6.45) is 0. The van der Waals surface area contributed by atoms with Crippen LogP contribution in [0.3, 0.4) is 0 Å². The van der Waals surface area contributed by atoms with E-state index in [9.17, 15) is 0 Å².